The van der Waals surface area contributed by atoms with Gasteiger partial charge in [-0.05, 0) is 30.2 Å². The molecule has 20 heavy (non-hydrogen) atoms. The van der Waals surface area contributed by atoms with E-state index in [4.69, 9.17) is 5.73 Å². The molecule has 2 nitrogen and oxygen atoms in total. The second kappa shape index (κ2) is 5.02. The summed E-state index contributed by atoms with van der Waals surface area (Å²) in [5.41, 5.74) is 9.06. The van der Waals surface area contributed by atoms with Crippen LogP contribution >= 0.6 is 0 Å². The molecule has 100 valence electrons. The molecule has 3 rings (SSSR count). The van der Waals surface area contributed by atoms with Crippen LogP contribution in [0.2, 0.25) is 0 Å². The van der Waals surface area contributed by atoms with Crippen LogP contribution in [0.3, 0.4) is 0 Å². The lowest BCUT2D eigenvalue weighted by Gasteiger charge is -2.15. The Bertz CT molecular complexity index is 768. The molecule has 0 aliphatic heterocycles. The summed E-state index contributed by atoms with van der Waals surface area (Å²) >= 11 is 0. The number of hydrogen-bond acceptors (Lipinski definition) is 2. The highest BCUT2D eigenvalue weighted by Gasteiger charge is 2.15. The summed E-state index contributed by atoms with van der Waals surface area (Å²) in [7, 11) is 0. The van der Waals surface area contributed by atoms with Crippen molar-refractivity contribution in [1.29, 1.82) is 0 Å². The van der Waals surface area contributed by atoms with Crippen molar-refractivity contribution in [2.24, 2.45) is 5.73 Å². The topological polar surface area (TPSA) is 38.9 Å². The molecule has 0 aliphatic rings. The highest BCUT2D eigenvalue weighted by Crippen LogP contribution is 2.25. The monoisotopic (exact) mass is 266 g/mol. The van der Waals surface area contributed by atoms with Crippen LogP contribution in [0, 0.1) is 12.7 Å². The van der Waals surface area contributed by atoms with Gasteiger partial charge >= 0.3 is 0 Å². The third-order valence-corrected chi connectivity index (χ3v) is 3.55. The van der Waals surface area contributed by atoms with Gasteiger partial charge in [-0.25, -0.2) is 4.39 Å². The van der Waals surface area contributed by atoms with E-state index in [1.54, 1.807) is 25.3 Å². The molecular weight excluding hydrogens is 251 g/mol. The fourth-order valence-electron chi connectivity index (χ4n) is 2.37. The molecular formula is C17H15FN2. The molecule has 1 unspecified atom stereocenters. The van der Waals surface area contributed by atoms with Crippen LogP contribution in [0.15, 0.2) is 54.7 Å². The summed E-state index contributed by atoms with van der Waals surface area (Å²) in [6, 6.07) is 14.5. The van der Waals surface area contributed by atoms with Gasteiger partial charge in [0.05, 0.1) is 11.6 Å². The normalized spacial score (nSPS) is 12.6. The Labute approximate surface area is 117 Å². The Kier molecular flexibility index (Phi) is 3.20. The van der Waals surface area contributed by atoms with Gasteiger partial charge in [0.2, 0.25) is 0 Å². The molecule has 0 fully saturated rings. The smallest absolute Gasteiger partial charge is 0.131 e. The first-order chi connectivity index (χ1) is 9.66. The molecule has 0 bridgehead atoms. The average Bonchev–Trinajstić information content (AvgIpc) is 2.49. The second-order valence-electron chi connectivity index (χ2n) is 4.91. The first kappa shape index (κ1) is 12.8. The summed E-state index contributed by atoms with van der Waals surface area (Å²) in [4.78, 5) is 4.31. The number of halogens is 1. The minimum atomic E-state index is -0.485. The van der Waals surface area contributed by atoms with Crippen LogP contribution in [0.4, 0.5) is 4.39 Å². The Morgan fingerprint density at radius 1 is 1.10 bits per heavy atom. The quantitative estimate of drug-likeness (QED) is 0.767. The summed E-state index contributed by atoms with van der Waals surface area (Å²) in [5.74, 6) is -0.235. The second-order valence-corrected chi connectivity index (χ2v) is 4.91. The molecule has 0 aliphatic carbocycles. The van der Waals surface area contributed by atoms with Gasteiger partial charge < -0.3 is 5.73 Å². The van der Waals surface area contributed by atoms with Crippen molar-refractivity contribution in [2.45, 2.75) is 13.0 Å². The zero-order valence-corrected chi connectivity index (χ0v) is 11.2. The van der Waals surface area contributed by atoms with Gasteiger partial charge in [-0.15, -0.1) is 0 Å². The van der Waals surface area contributed by atoms with E-state index in [0.717, 1.165) is 16.5 Å². The van der Waals surface area contributed by atoms with Crippen LogP contribution in [0.25, 0.3) is 10.9 Å². The first-order valence-corrected chi connectivity index (χ1v) is 6.52. The minimum absolute atomic E-state index is 0.235. The van der Waals surface area contributed by atoms with E-state index in [1.807, 2.05) is 36.4 Å². The molecule has 0 radical (unpaired) electrons. The number of rotatable bonds is 2. The Balaban J connectivity index is 2.08. The van der Waals surface area contributed by atoms with Gasteiger partial charge in [-0.1, -0.05) is 36.4 Å². The SMILES string of the molecule is Cc1cccc(C(N)c2ccc3cccnc3c2)c1F. The summed E-state index contributed by atoms with van der Waals surface area (Å²) in [5, 5.41) is 1.05. The Hall–Kier alpha value is -2.26. The van der Waals surface area contributed by atoms with E-state index in [9.17, 15) is 4.39 Å². The fraction of sp³-hybridized carbons (Fsp3) is 0.118. The maximum atomic E-state index is 14.2. The largest absolute Gasteiger partial charge is 0.320 e. The lowest BCUT2D eigenvalue weighted by Crippen LogP contribution is -2.14. The third-order valence-electron chi connectivity index (χ3n) is 3.55. The van der Waals surface area contributed by atoms with Crippen molar-refractivity contribution in [1.82, 2.24) is 4.98 Å². The van der Waals surface area contributed by atoms with Gasteiger partial charge in [-0.3, -0.25) is 4.98 Å². The lowest BCUT2D eigenvalue weighted by atomic mass is 9.96. The van der Waals surface area contributed by atoms with E-state index < -0.39 is 6.04 Å². The van der Waals surface area contributed by atoms with E-state index in [2.05, 4.69) is 4.98 Å². The molecule has 0 saturated heterocycles. The summed E-state index contributed by atoms with van der Waals surface area (Å²) < 4.78 is 14.2. The molecule has 0 spiro atoms. The zero-order valence-electron chi connectivity index (χ0n) is 11.2. The van der Waals surface area contributed by atoms with Crippen molar-refractivity contribution in [3.8, 4) is 0 Å². The van der Waals surface area contributed by atoms with Crippen molar-refractivity contribution >= 4 is 10.9 Å². The van der Waals surface area contributed by atoms with Crippen LogP contribution in [0.1, 0.15) is 22.7 Å². The number of fused-ring (bicyclic) bond motifs is 1. The summed E-state index contributed by atoms with van der Waals surface area (Å²) in [6.45, 7) is 1.74. The predicted octanol–water partition coefficient (Wildman–Crippen LogP) is 3.73. The molecule has 0 amide bonds. The molecule has 1 aromatic heterocycles. The number of hydrogen-bond donors (Lipinski definition) is 1. The minimum Gasteiger partial charge on any atom is -0.320 e. The number of nitrogens with two attached hydrogens (primary N) is 1. The van der Waals surface area contributed by atoms with Gasteiger partial charge in [-0.2, -0.15) is 0 Å². The van der Waals surface area contributed by atoms with Crippen LogP contribution in [-0.4, -0.2) is 4.98 Å². The van der Waals surface area contributed by atoms with E-state index in [-0.39, 0.29) is 5.82 Å². The fourth-order valence-corrected chi connectivity index (χ4v) is 2.37. The van der Waals surface area contributed by atoms with E-state index in [0.29, 0.717) is 11.1 Å². The van der Waals surface area contributed by atoms with Crippen molar-refractivity contribution in [3.05, 3.63) is 77.2 Å². The molecule has 1 heterocycles. The maximum absolute atomic E-state index is 14.2. The molecule has 1 atom stereocenters. The van der Waals surface area contributed by atoms with Crippen LogP contribution in [-0.2, 0) is 0 Å². The highest BCUT2D eigenvalue weighted by atomic mass is 19.1. The predicted molar refractivity (Wildman–Crippen MR) is 78.9 cm³/mol. The molecule has 0 saturated carbocycles. The Morgan fingerprint density at radius 3 is 2.80 bits per heavy atom. The number of pyridine rings is 1. The summed E-state index contributed by atoms with van der Waals surface area (Å²) in [6.07, 6.45) is 1.74. The maximum Gasteiger partial charge on any atom is 0.131 e. The molecule has 2 N–H and O–H groups in total. The standard InChI is InChI=1S/C17H15FN2/c1-11-4-2-6-14(16(11)18)17(19)13-8-7-12-5-3-9-20-15(12)10-13/h2-10,17H,19H2,1H3. The number of benzene rings is 2. The van der Waals surface area contributed by atoms with Crippen LogP contribution in [0.5, 0.6) is 0 Å². The van der Waals surface area contributed by atoms with Gasteiger partial charge in [0.1, 0.15) is 5.82 Å². The van der Waals surface area contributed by atoms with Crippen molar-refractivity contribution < 1.29 is 4.39 Å². The van der Waals surface area contributed by atoms with Crippen LogP contribution < -0.4 is 5.73 Å². The van der Waals surface area contributed by atoms with E-state index in [1.165, 1.54) is 0 Å². The van der Waals surface area contributed by atoms with Crippen molar-refractivity contribution in [3.63, 3.8) is 0 Å². The third kappa shape index (κ3) is 2.17. The zero-order chi connectivity index (χ0) is 14.1. The number of nitrogens with zero attached hydrogens (tertiary/aromatic N) is 1. The van der Waals surface area contributed by atoms with Crippen molar-refractivity contribution in [2.75, 3.05) is 0 Å². The molecule has 3 aromatic rings. The number of aromatic nitrogens is 1. The molecule has 3 heteroatoms. The van der Waals surface area contributed by atoms with Gasteiger partial charge in [0.25, 0.3) is 0 Å². The average molecular weight is 266 g/mol. The van der Waals surface area contributed by atoms with E-state index >= 15 is 0 Å². The molecule has 2 aromatic carbocycles. The number of aryl methyl sites for hydroxylation is 1. The van der Waals surface area contributed by atoms with Gasteiger partial charge in [0, 0.05) is 17.1 Å². The highest BCUT2D eigenvalue weighted by molar-refractivity contribution is 5.79. The first-order valence-electron chi connectivity index (χ1n) is 6.52. The van der Waals surface area contributed by atoms with Gasteiger partial charge in [0.15, 0.2) is 0 Å². The lowest BCUT2D eigenvalue weighted by molar-refractivity contribution is 0.591. The Morgan fingerprint density at radius 2 is 1.95 bits per heavy atom.